The Morgan fingerprint density at radius 3 is 2.70 bits per heavy atom. The second-order valence-corrected chi connectivity index (χ2v) is 1.98. The zero-order chi connectivity index (χ0) is 8.97. The van der Waals surface area contributed by atoms with E-state index in [9.17, 15) is 0 Å². The molecule has 1 atom stereocenters. The van der Waals surface area contributed by atoms with Crippen LogP contribution >= 0.6 is 0 Å². The van der Waals surface area contributed by atoms with Gasteiger partial charge in [-0.1, -0.05) is 19.0 Å². The van der Waals surface area contributed by atoms with Crippen LogP contribution in [-0.4, -0.2) is 7.11 Å². The van der Waals surface area contributed by atoms with Crippen molar-refractivity contribution in [2.75, 3.05) is 7.11 Å². The van der Waals surface area contributed by atoms with E-state index in [4.69, 9.17) is 7.48 Å². The fourth-order valence-corrected chi connectivity index (χ4v) is 0.740. The van der Waals surface area contributed by atoms with Crippen LogP contribution in [0, 0.1) is 0 Å². The Morgan fingerprint density at radius 1 is 1.50 bits per heavy atom. The van der Waals surface area contributed by atoms with Crippen molar-refractivity contribution in [3.63, 3.8) is 0 Å². The minimum Gasteiger partial charge on any atom is -0.497 e. The Morgan fingerprint density at radius 2 is 2.20 bits per heavy atom. The predicted octanol–water partition coefficient (Wildman–Crippen LogP) is 2.26. The van der Waals surface area contributed by atoms with Crippen LogP contribution in [0.2, 0.25) is 0 Å². The van der Waals surface area contributed by atoms with Crippen LogP contribution in [-0.2, 0) is 6.40 Å². The first-order valence-corrected chi connectivity index (χ1v) is 3.13. The van der Waals surface area contributed by atoms with Crippen LogP contribution < -0.4 is 4.74 Å². The Balaban J connectivity index is 2.77. The van der Waals surface area contributed by atoms with Gasteiger partial charge in [0.2, 0.25) is 0 Å². The van der Waals surface area contributed by atoms with Crippen LogP contribution in [0.3, 0.4) is 0 Å². The average Bonchev–Trinajstić information content (AvgIpc) is 2.17. The third-order valence-corrected chi connectivity index (χ3v) is 1.35. The van der Waals surface area contributed by atoms with Crippen molar-refractivity contribution in [1.82, 2.24) is 0 Å². The lowest BCUT2D eigenvalue weighted by Crippen LogP contribution is -1.83. The van der Waals surface area contributed by atoms with Gasteiger partial charge in [0.05, 0.1) is 7.11 Å². The van der Waals surface area contributed by atoms with E-state index >= 15 is 0 Å². The number of hydrogen-bond donors (Lipinski definition) is 0. The summed E-state index contributed by atoms with van der Waals surface area (Å²) in [5, 5.41) is 0. The normalized spacial score (nSPS) is 15.3. The topological polar surface area (TPSA) is 9.23 Å². The second-order valence-electron chi connectivity index (χ2n) is 1.98. The molecule has 1 rings (SSSR count). The largest absolute Gasteiger partial charge is 0.497 e. The minimum atomic E-state index is -0.434. The van der Waals surface area contributed by atoms with E-state index in [1.165, 1.54) is 0 Å². The van der Waals surface area contributed by atoms with Crippen LogP contribution in [0.25, 0.3) is 0 Å². The number of aryl methyl sites for hydroxylation is 1. The van der Waals surface area contributed by atoms with Crippen molar-refractivity contribution in [2.24, 2.45) is 0 Å². The van der Waals surface area contributed by atoms with Crippen LogP contribution in [0.1, 0.15) is 15.2 Å². The highest BCUT2D eigenvalue weighted by atomic mass is 16.5. The van der Waals surface area contributed by atoms with E-state index in [0.29, 0.717) is 0 Å². The van der Waals surface area contributed by atoms with Crippen molar-refractivity contribution >= 4 is 0 Å². The molecular weight excluding hydrogens is 124 g/mol. The highest BCUT2D eigenvalue weighted by Crippen LogP contribution is 2.10. The molecule has 0 saturated carbocycles. The van der Waals surface area contributed by atoms with Gasteiger partial charge >= 0.3 is 0 Å². The van der Waals surface area contributed by atoms with E-state index in [1.54, 1.807) is 7.11 Å². The van der Waals surface area contributed by atoms with Crippen molar-refractivity contribution in [2.45, 2.75) is 13.3 Å². The molecule has 0 heterocycles. The fourth-order valence-electron chi connectivity index (χ4n) is 0.740. The SMILES string of the molecule is [2H]CC([2H])c1ccc(OC)cc1. The lowest BCUT2D eigenvalue weighted by molar-refractivity contribution is 0.414. The van der Waals surface area contributed by atoms with Gasteiger partial charge in [-0.2, -0.15) is 0 Å². The number of hydrogen-bond acceptors (Lipinski definition) is 1. The van der Waals surface area contributed by atoms with Crippen LogP contribution in [0.15, 0.2) is 24.3 Å². The molecule has 1 heteroatoms. The zero-order valence-corrected chi connectivity index (χ0v) is 6.00. The highest BCUT2D eigenvalue weighted by molar-refractivity contribution is 5.26. The lowest BCUT2D eigenvalue weighted by atomic mass is 10.2. The number of ether oxygens (including phenoxy) is 1. The van der Waals surface area contributed by atoms with E-state index in [-0.39, 0.29) is 6.90 Å². The third kappa shape index (κ3) is 1.50. The quantitative estimate of drug-likeness (QED) is 0.609. The first-order chi connectivity index (χ1) is 5.77. The van der Waals surface area contributed by atoms with E-state index in [1.807, 2.05) is 24.3 Å². The molecule has 0 aromatic heterocycles. The molecule has 0 aliphatic rings. The van der Waals surface area contributed by atoms with Crippen molar-refractivity contribution in [3.05, 3.63) is 29.8 Å². The molecule has 10 heavy (non-hydrogen) atoms. The molecule has 0 aliphatic heterocycles. The first-order valence-electron chi connectivity index (χ1n) is 4.42. The summed E-state index contributed by atoms with van der Waals surface area (Å²) in [5.74, 6) is 0.788. The summed E-state index contributed by atoms with van der Waals surface area (Å²) >= 11 is 0. The summed E-state index contributed by atoms with van der Waals surface area (Å²) in [7, 11) is 1.61. The molecule has 1 nitrogen and oxygen atoms in total. The molecule has 0 radical (unpaired) electrons. The predicted molar refractivity (Wildman–Crippen MR) is 42.4 cm³/mol. The molecule has 0 saturated heterocycles. The summed E-state index contributed by atoms with van der Waals surface area (Å²) in [4.78, 5) is 0. The van der Waals surface area contributed by atoms with E-state index in [2.05, 4.69) is 0 Å². The summed E-state index contributed by atoms with van der Waals surface area (Å²) in [6, 6.07) is 7.27. The zero-order valence-electron chi connectivity index (χ0n) is 8.00. The molecule has 1 aromatic carbocycles. The smallest absolute Gasteiger partial charge is 0.118 e. The number of rotatable bonds is 2. The minimum absolute atomic E-state index is 0.104. The van der Waals surface area contributed by atoms with Gasteiger partial charge in [0.15, 0.2) is 0 Å². The lowest BCUT2D eigenvalue weighted by Gasteiger charge is -1.99. The molecule has 0 fully saturated rings. The van der Waals surface area contributed by atoms with Crippen LogP contribution in [0.4, 0.5) is 0 Å². The first kappa shape index (κ1) is 4.78. The van der Waals surface area contributed by atoms with Crippen LogP contribution in [0.5, 0.6) is 5.75 Å². The number of benzene rings is 1. The third-order valence-electron chi connectivity index (χ3n) is 1.35. The maximum atomic E-state index is 7.46. The van der Waals surface area contributed by atoms with Crippen molar-refractivity contribution in [1.29, 1.82) is 0 Å². The van der Waals surface area contributed by atoms with Gasteiger partial charge < -0.3 is 4.74 Å². The molecule has 1 unspecified atom stereocenters. The van der Waals surface area contributed by atoms with Gasteiger partial charge in [-0.15, -0.1) is 0 Å². The maximum Gasteiger partial charge on any atom is 0.118 e. The molecule has 1 aromatic rings. The van der Waals surface area contributed by atoms with Gasteiger partial charge in [0.25, 0.3) is 0 Å². The molecule has 0 amide bonds. The monoisotopic (exact) mass is 138 g/mol. The van der Waals surface area contributed by atoms with Gasteiger partial charge in [0.1, 0.15) is 5.75 Å². The molecule has 0 bridgehead atoms. The van der Waals surface area contributed by atoms with E-state index in [0.717, 1.165) is 11.3 Å². The fraction of sp³-hybridized carbons (Fsp3) is 0.333. The van der Waals surface area contributed by atoms with Crippen molar-refractivity contribution in [3.8, 4) is 5.75 Å². The Hall–Kier alpha value is -0.980. The standard InChI is InChI=1S/C9H12O/c1-3-8-4-6-9(10-2)7-5-8/h4-7H,3H2,1-2H3/i1D,3D. The van der Waals surface area contributed by atoms with Gasteiger partial charge in [0, 0.05) is 2.74 Å². The Kier molecular flexibility index (Phi) is 1.55. The number of methoxy groups -OCH3 is 1. The van der Waals surface area contributed by atoms with Gasteiger partial charge in [-0.3, -0.25) is 0 Å². The molecule has 0 spiro atoms. The van der Waals surface area contributed by atoms with E-state index < -0.39 is 6.40 Å². The summed E-state index contributed by atoms with van der Waals surface area (Å²) < 4.78 is 19.5. The van der Waals surface area contributed by atoms with Crippen molar-refractivity contribution < 1.29 is 7.48 Å². The molecule has 0 N–H and O–H groups in total. The molecular formula is C9H12O. The van der Waals surface area contributed by atoms with Gasteiger partial charge in [-0.05, 0) is 24.1 Å². The maximum absolute atomic E-state index is 7.46. The Labute approximate surface area is 64.4 Å². The summed E-state index contributed by atoms with van der Waals surface area (Å²) in [5.41, 5.74) is 0.866. The average molecular weight is 138 g/mol. The summed E-state index contributed by atoms with van der Waals surface area (Å²) in [6.07, 6.45) is -0.434. The second kappa shape index (κ2) is 3.25. The molecule has 0 aliphatic carbocycles. The Bertz CT molecular complexity index is 233. The summed E-state index contributed by atoms with van der Waals surface area (Å²) in [6.45, 7) is 0.104. The molecule has 54 valence electrons. The van der Waals surface area contributed by atoms with Gasteiger partial charge in [-0.25, -0.2) is 0 Å². The highest BCUT2D eigenvalue weighted by Gasteiger charge is 1.89.